The smallest absolute Gasteiger partial charge is 0.277 e. The molecular formula is C17H17FN2O2. The zero-order valence-electron chi connectivity index (χ0n) is 12.5. The molecule has 2 aromatic rings. The molecule has 0 heterocycles. The molecule has 4 nitrogen and oxygen atoms in total. The van der Waals surface area contributed by atoms with Gasteiger partial charge in [0, 0.05) is 5.56 Å². The molecule has 0 atom stereocenters. The number of nitrogens with zero attached hydrogens (tertiary/aromatic N) is 1. The Morgan fingerprint density at radius 2 is 1.86 bits per heavy atom. The number of ether oxygens (including phenoxy) is 1. The molecule has 0 radical (unpaired) electrons. The Labute approximate surface area is 128 Å². The summed E-state index contributed by atoms with van der Waals surface area (Å²) in [6, 6.07) is 11.9. The molecule has 0 spiro atoms. The summed E-state index contributed by atoms with van der Waals surface area (Å²) in [6.45, 7) is 3.67. The fourth-order valence-corrected chi connectivity index (χ4v) is 1.95. The van der Waals surface area contributed by atoms with Crippen LogP contribution >= 0.6 is 0 Å². The summed E-state index contributed by atoms with van der Waals surface area (Å²) >= 11 is 0. The molecule has 0 aliphatic heterocycles. The van der Waals surface area contributed by atoms with Crippen LogP contribution in [0.3, 0.4) is 0 Å². The lowest BCUT2D eigenvalue weighted by Crippen LogP contribution is -2.25. The van der Waals surface area contributed by atoms with E-state index in [1.54, 1.807) is 18.2 Å². The summed E-state index contributed by atoms with van der Waals surface area (Å²) in [5.74, 6) is -0.113. The van der Waals surface area contributed by atoms with Crippen LogP contribution in [0.15, 0.2) is 47.6 Å². The Kier molecular flexibility index (Phi) is 5.25. The average Bonchev–Trinajstić information content (AvgIpc) is 2.49. The van der Waals surface area contributed by atoms with Crippen molar-refractivity contribution in [1.82, 2.24) is 5.43 Å². The van der Waals surface area contributed by atoms with Gasteiger partial charge in [-0.1, -0.05) is 36.4 Å². The highest BCUT2D eigenvalue weighted by molar-refractivity contribution is 5.83. The van der Waals surface area contributed by atoms with Gasteiger partial charge in [0.25, 0.3) is 5.91 Å². The van der Waals surface area contributed by atoms with E-state index < -0.39 is 11.7 Å². The van der Waals surface area contributed by atoms with Crippen molar-refractivity contribution in [2.24, 2.45) is 5.10 Å². The van der Waals surface area contributed by atoms with Crippen LogP contribution in [0.5, 0.6) is 5.75 Å². The van der Waals surface area contributed by atoms with E-state index in [-0.39, 0.29) is 6.61 Å². The van der Waals surface area contributed by atoms with Crippen LogP contribution in [-0.2, 0) is 4.79 Å². The second kappa shape index (κ2) is 7.36. The number of nitrogens with one attached hydrogen (secondary N) is 1. The lowest BCUT2D eigenvalue weighted by Gasteiger charge is -2.10. The van der Waals surface area contributed by atoms with E-state index in [1.165, 1.54) is 12.3 Å². The van der Waals surface area contributed by atoms with Crippen molar-refractivity contribution in [2.75, 3.05) is 6.61 Å². The van der Waals surface area contributed by atoms with Crippen LogP contribution in [0.2, 0.25) is 0 Å². The second-order valence-corrected chi connectivity index (χ2v) is 4.82. The number of amides is 1. The molecule has 2 aromatic carbocycles. The number of benzene rings is 2. The van der Waals surface area contributed by atoms with Crippen molar-refractivity contribution in [3.05, 3.63) is 65.0 Å². The molecule has 114 valence electrons. The van der Waals surface area contributed by atoms with Gasteiger partial charge in [-0.25, -0.2) is 9.82 Å². The van der Waals surface area contributed by atoms with Gasteiger partial charge in [-0.2, -0.15) is 5.10 Å². The summed E-state index contributed by atoms with van der Waals surface area (Å²) < 4.78 is 18.8. The van der Waals surface area contributed by atoms with Crippen LogP contribution in [0.25, 0.3) is 0 Å². The number of para-hydroxylation sites is 1. The Morgan fingerprint density at radius 3 is 2.55 bits per heavy atom. The van der Waals surface area contributed by atoms with Gasteiger partial charge in [0.2, 0.25) is 0 Å². The molecule has 0 aromatic heterocycles. The normalized spacial score (nSPS) is 10.7. The Bertz CT molecular complexity index is 679. The maximum absolute atomic E-state index is 13.3. The van der Waals surface area contributed by atoms with Gasteiger partial charge in [0.15, 0.2) is 6.61 Å². The standard InChI is InChI=1S/C17H17FN2O2/c1-12-6-5-7-13(2)17(12)22-11-16(21)20-19-10-14-8-3-4-9-15(14)18/h3-10H,11H2,1-2H3,(H,20,21). The SMILES string of the molecule is Cc1cccc(C)c1OCC(=O)NN=Cc1ccccc1F. The van der Waals surface area contributed by atoms with Gasteiger partial charge in [0.05, 0.1) is 6.21 Å². The first-order valence-electron chi connectivity index (χ1n) is 6.83. The summed E-state index contributed by atoms with van der Waals surface area (Å²) in [5, 5.41) is 3.71. The van der Waals surface area contributed by atoms with E-state index in [4.69, 9.17) is 4.74 Å². The predicted octanol–water partition coefficient (Wildman–Crippen LogP) is 2.97. The maximum Gasteiger partial charge on any atom is 0.277 e. The highest BCUT2D eigenvalue weighted by atomic mass is 19.1. The zero-order chi connectivity index (χ0) is 15.9. The monoisotopic (exact) mass is 300 g/mol. The minimum Gasteiger partial charge on any atom is -0.483 e. The summed E-state index contributed by atoms with van der Waals surface area (Å²) in [4.78, 5) is 11.7. The average molecular weight is 300 g/mol. The topological polar surface area (TPSA) is 50.7 Å². The molecule has 2 rings (SSSR count). The summed E-state index contributed by atoms with van der Waals surface area (Å²) in [7, 11) is 0. The third kappa shape index (κ3) is 4.15. The molecule has 0 saturated carbocycles. The van der Waals surface area contributed by atoms with E-state index in [2.05, 4.69) is 10.5 Å². The van der Waals surface area contributed by atoms with E-state index in [9.17, 15) is 9.18 Å². The Hall–Kier alpha value is -2.69. The maximum atomic E-state index is 13.3. The molecule has 0 aliphatic carbocycles. The molecule has 0 unspecified atom stereocenters. The van der Waals surface area contributed by atoms with Gasteiger partial charge in [-0.3, -0.25) is 4.79 Å². The first-order valence-corrected chi connectivity index (χ1v) is 6.83. The van der Waals surface area contributed by atoms with Gasteiger partial charge in [0.1, 0.15) is 11.6 Å². The van der Waals surface area contributed by atoms with Crippen LogP contribution in [0.4, 0.5) is 4.39 Å². The largest absolute Gasteiger partial charge is 0.483 e. The van der Waals surface area contributed by atoms with Crippen molar-refractivity contribution < 1.29 is 13.9 Å². The molecule has 22 heavy (non-hydrogen) atoms. The molecular weight excluding hydrogens is 283 g/mol. The molecule has 0 fully saturated rings. The number of rotatable bonds is 5. The number of aryl methyl sites for hydroxylation is 2. The lowest BCUT2D eigenvalue weighted by atomic mass is 10.1. The number of carbonyl (C=O) groups is 1. The number of hydrazone groups is 1. The number of carbonyl (C=O) groups excluding carboxylic acids is 1. The first-order chi connectivity index (χ1) is 10.6. The van der Waals surface area contributed by atoms with E-state index in [0.29, 0.717) is 11.3 Å². The van der Waals surface area contributed by atoms with Gasteiger partial charge in [-0.05, 0) is 31.0 Å². The number of halogens is 1. The highest BCUT2D eigenvalue weighted by Crippen LogP contribution is 2.21. The first kappa shape index (κ1) is 15.7. The molecule has 5 heteroatoms. The van der Waals surface area contributed by atoms with Crippen molar-refractivity contribution in [3.8, 4) is 5.75 Å². The fourth-order valence-electron chi connectivity index (χ4n) is 1.95. The molecule has 0 aliphatic rings. The third-order valence-corrected chi connectivity index (χ3v) is 3.05. The van der Waals surface area contributed by atoms with Gasteiger partial charge in [-0.15, -0.1) is 0 Å². The minimum absolute atomic E-state index is 0.152. The zero-order valence-corrected chi connectivity index (χ0v) is 12.5. The quantitative estimate of drug-likeness (QED) is 0.682. The summed E-state index contributed by atoms with van der Waals surface area (Å²) in [5.41, 5.74) is 4.53. The molecule has 0 bridgehead atoms. The van der Waals surface area contributed by atoms with Gasteiger partial charge >= 0.3 is 0 Å². The van der Waals surface area contributed by atoms with Crippen LogP contribution < -0.4 is 10.2 Å². The van der Waals surface area contributed by atoms with E-state index >= 15 is 0 Å². The molecule has 1 N–H and O–H groups in total. The van der Waals surface area contributed by atoms with Crippen LogP contribution in [0.1, 0.15) is 16.7 Å². The van der Waals surface area contributed by atoms with Crippen molar-refractivity contribution in [2.45, 2.75) is 13.8 Å². The summed E-state index contributed by atoms with van der Waals surface area (Å²) in [6.07, 6.45) is 1.26. The third-order valence-electron chi connectivity index (χ3n) is 3.05. The van der Waals surface area contributed by atoms with E-state index in [1.807, 2.05) is 32.0 Å². The fraction of sp³-hybridized carbons (Fsp3) is 0.176. The molecule has 0 saturated heterocycles. The van der Waals surface area contributed by atoms with Crippen LogP contribution in [0, 0.1) is 19.7 Å². The van der Waals surface area contributed by atoms with Crippen molar-refractivity contribution in [1.29, 1.82) is 0 Å². The van der Waals surface area contributed by atoms with Crippen molar-refractivity contribution >= 4 is 12.1 Å². The van der Waals surface area contributed by atoms with Crippen LogP contribution in [-0.4, -0.2) is 18.7 Å². The van der Waals surface area contributed by atoms with Crippen molar-refractivity contribution in [3.63, 3.8) is 0 Å². The molecule has 1 amide bonds. The Morgan fingerprint density at radius 1 is 1.18 bits per heavy atom. The lowest BCUT2D eigenvalue weighted by molar-refractivity contribution is -0.123. The Balaban J connectivity index is 1.88. The predicted molar refractivity (Wildman–Crippen MR) is 83.5 cm³/mol. The minimum atomic E-state index is -0.407. The van der Waals surface area contributed by atoms with Gasteiger partial charge < -0.3 is 4.74 Å². The van der Waals surface area contributed by atoms with E-state index in [0.717, 1.165) is 11.1 Å². The second-order valence-electron chi connectivity index (χ2n) is 4.82. The highest BCUT2D eigenvalue weighted by Gasteiger charge is 2.06. The number of hydrogen-bond donors (Lipinski definition) is 1. The number of hydrogen-bond acceptors (Lipinski definition) is 3.